The number of fused-ring (bicyclic) bond motifs is 1. The molecule has 3 rings (SSSR count). The highest BCUT2D eigenvalue weighted by Gasteiger charge is 2.05. The summed E-state index contributed by atoms with van der Waals surface area (Å²) in [5, 5.41) is 5.81. The molecule has 0 aliphatic carbocycles. The molecule has 25 heavy (non-hydrogen) atoms. The average molecular weight is 354 g/mol. The molecule has 0 aliphatic rings. The minimum absolute atomic E-state index is 0.00133. The van der Waals surface area contributed by atoms with Crippen LogP contribution in [-0.2, 0) is 11.2 Å². The first-order valence-corrected chi connectivity index (χ1v) is 8.72. The van der Waals surface area contributed by atoms with Gasteiger partial charge in [-0.25, -0.2) is 0 Å². The summed E-state index contributed by atoms with van der Waals surface area (Å²) in [5.74, 6) is 0.838. The zero-order valence-corrected chi connectivity index (χ0v) is 14.6. The third-order valence-electron chi connectivity index (χ3n) is 4.01. The molecule has 1 amide bonds. The van der Waals surface area contributed by atoms with Gasteiger partial charge in [0.1, 0.15) is 12.4 Å². The smallest absolute Gasteiger partial charge is 0.220 e. The molecular weight excluding hydrogens is 334 g/mol. The summed E-state index contributed by atoms with van der Waals surface area (Å²) >= 11 is 6.10. The van der Waals surface area contributed by atoms with E-state index in [1.54, 1.807) is 0 Å². The first-order valence-electron chi connectivity index (χ1n) is 8.35. The van der Waals surface area contributed by atoms with Crippen molar-refractivity contribution in [2.45, 2.75) is 12.8 Å². The molecule has 3 aromatic rings. The number of hydrogen-bond donors (Lipinski definition) is 1. The van der Waals surface area contributed by atoms with Gasteiger partial charge in [-0.05, 0) is 29.5 Å². The Morgan fingerprint density at radius 1 is 0.960 bits per heavy atom. The Morgan fingerprint density at radius 2 is 1.72 bits per heavy atom. The van der Waals surface area contributed by atoms with Gasteiger partial charge in [0.05, 0.1) is 6.54 Å². The van der Waals surface area contributed by atoms with Crippen LogP contribution in [0.5, 0.6) is 5.75 Å². The highest BCUT2D eigenvalue weighted by molar-refractivity contribution is 6.31. The summed E-state index contributed by atoms with van der Waals surface area (Å²) in [6.45, 7) is 0.913. The fourth-order valence-electron chi connectivity index (χ4n) is 2.71. The number of aryl methyl sites for hydroxylation is 1. The summed E-state index contributed by atoms with van der Waals surface area (Å²) in [7, 11) is 0. The van der Waals surface area contributed by atoms with Crippen LogP contribution in [0.4, 0.5) is 0 Å². The van der Waals surface area contributed by atoms with Crippen LogP contribution < -0.4 is 10.1 Å². The molecule has 0 aromatic heterocycles. The largest absolute Gasteiger partial charge is 0.491 e. The first-order chi connectivity index (χ1) is 12.2. The first kappa shape index (κ1) is 17.3. The zero-order valence-electron chi connectivity index (χ0n) is 13.9. The van der Waals surface area contributed by atoms with E-state index in [0.29, 0.717) is 31.0 Å². The molecular formula is C21H20ClNO2. The topological polar surface area (TPSA) is 38.3 Å². The van der Waals surface area contributed by atoms with Gasteiger partial charge in [-0.1, -0.05) is 66.2 Å². The predicted molar refractivity (Wildman–Crippen MR) is 102 cm³/mol. The molecule has 3 aromatic carbocycles. The van der Waals surface area contributed by atoms with E-state index in [4.69, 9.17) is 16.3 Å². The van der Waals surface area contributed by atoms with Crippen LogP contribution in [0.3, 0.4) is 0 Å². The van der Waals surface area contributed by atoms with E-state index >= 15 is 0 Å². The van der Waals surface area contributed by atoms with Gasteiger partial charge in [0.2, 0.25) is 5.91 Å². The fraction of sp³-hybridized carbons (Fsp3) is 0.190. The van der Waals surface area contributed by atoms with Crippen LogP contribution in [0, 0.1) is 0 Å². The number of benzene rings is 3. The number of amides is 1. The molecule has 0 bridgehead atoms. The number of carbonyl (C=O) groups is 1. The molecule has 128 valence electrons. The summed E-state index contributed by atoms with van der Waals surface area (Å²) < 4.78 is 5.82. The maximum atomic E-state index is 11.9. The van der Waals surface area contributed by atoms with E-state index in [2.05, 4.69) is 17.4 Å². The number of nitrogens with one attached hydrogen (secondary N) is 1. The molecule has 0 heterocycles. The maximum absolute atomic E-state index is 11.9. The lowest BCUT2D eigenvalue weighted by molar-refractivity contribution is -0.121. The second-order valence-electron chi connectivity index (χ2n) is 5.77. The third-order valence-corrected chi connectivity index (χ3v) is 4.38. The van der Waals surface area contributed by atoms with Crippen LogP contribution in [0.1, 0.15) is 12.0 Å². The van der Waals surface area contributed by atoms with Crippen LogP contribution in [0.15, 0.2) is 66.7 Å². The van der Waals surface area contributed by atoms with Crippen LogP contribution >= 0.6 is 11.6 Å². The highest BCUT2D eigenvalue weighted by Crippen LogP contribution is 2.24. The van der Waals surface area contributed by atoms with Gasteiger partial charge in [0, 0.05) is 16.8 Å². The van der Waals surface area contributed by atoms with Crippen molar-refractivity contribution in [1.82, 2.24) is 5.32 Å². The Bertz CT molecular complexity index is 858. The average Bonchev–Trinajstić information content (AvgIpc) is 2.64. The van der Waals surface area contributed by atoms with Crippen molar-refractivity contribution < 1.29 is 9.53 Å². The Kier molecular flexibility index (Phi) is 5.91. The number of halogens is 1. The van der Waals surface area contributed by atoms with E-state index in [9.17, 15) is 4.79 Å². The van der Waals surface area contributed by atoms with Gasteiger partial charge in [0.15, 0.2) is 0 Å². The lowest BCUT2D eigenvalue weighted by Crippen LogP contribution is -2.28. The predicted octanol–water partition coefficient (Wildman–Crippen LogP) is 4.62. The molecule has 0 radical (unpaired) electrons. The summed E-state index contributed by atoms with van der Waals surface area (Å²) in [4.78, 5) is 11.9. The van der Waals surface area contributed by atoms with Crippen molar-refractivity contribution in [3.05, 3.63) is 77.3 Å². The second kappa shape index (κ2) is 8.54. The van der Waals surface area contributed by atoms with Gasteiger partial charge in [-0.2, -0.15) is 0 Å². The van der Waals surface area contributed by atoms with Crippen molar-refractivity contribution in [1.29, 1.82) is 0 Å². The molecule has 0 atom stereocenters. The lowest BCUT2D eigenvalue weighted by atomic mass is 10.1. The molecule has 0 spiro atoms. The number of carbonyl (C=O) groups excluding carboxylic acids is 1. The normalized spacial score (nSPS) is 10.6. The van der Waals surface area contributed by atoms with Crippen molar-refractivity contribution in [2.24, 2.45) is 0 Å². The summed E-state index contributed by atoms with van der Waals surface area (Å²) in [6.07, 6.45) is 1.05. The number of rotatable bonds is 7. The van der Waals surface area contributed by atoms with Gasteiger partial charge in [-0.3, -0.25) is 4.79 Å². The molecule has 0 saturated carbocycles. The van der Waals surface area contributed by atoms with Crippen LogP contribution in [0.2, 0.25) is 5.02 Å². The summed E-state index contributed by atoms with van der Waals surface area (Å²) in [6, 6.07) is 21.7. The second-order valence-corrected chi connectivity index (χ2v) is 6.17. The fourth-order valence-corrected chi connectivity index (χ4v) is 2.94. The molecule has 0 aliphatic heterocycles. The van der Waals surface area contributed by atoms with Gasteiger partial charge in [-0.15, -0.1) is 0 Å². The molecule has 3 nitrogen and oxygen atoms in total. The van der Waals surface area contributed by atoms with E-state index in [1.165, 1.54) is 0 Å². The monoisotopic (exact) mass is 353 g/mol. The zero-order chi connectivity index (χ0) is 17.5. The van der Waals surface area contributed by atoms with E-state index in [1.807, 2.05) is 54.6 Å². The van der Waals surface area contributed by atoms with Crippen molar-refractivity contribution >= 4 is 28.3 Å². The Balaban J connectivity index is 1.43. The number of hydrogen-bond acceptors (Lipinski definition) is 2. The van der Waals surface area contributed by atoms with Gasteiger partial charge >= 0.3 is 0 Å². The van der Waals surface area contributed by atoms with Crippen molar-refractivity contribution in [3.63, 3.8) is 0 Å². The van der Waals surface area contributed by atoms with Crippen LogP contribution in [0.25, 0.3) is 10.8 Å². The molecule has 4 heteroatoms. The van der Waals surface area contributed by atoms with E-state index < -0.39 is 0 Å². The Labute approximate surface area is 152 Å². The molecule has 0 saturated heterocycles. The Morgan fingerprint density at radius 3 is 2.60 bits per heavy atom. The van der Waals surface area contributed by atoms with E-state index in [-0.39, 0.29) is 5.91 Å². The SMILES string of the molecule is O=C(CCc1ccccc1Cl)NCCOc1cccc2ccccc12. The minimum atomic E-state index is 0.00133. The van der Waals surface area contributed by atoms with Crippen LogP contribution in [-0.4, -0.2) is 19.1 Å². The minimum Gasteiger partial charge on any atom is -0.491 e. The molecule has 0 unspecified atom stereocenters. The van der Waals surface area contributed by atoms with Crippen molar-refractivity contribution in [3.8, 4) is 5.75 Å². The molecule has 0 fully saturated rings. The Hall–Kier alpha value is -2.52. The lowest BCUT2D eigenvalue weighted by Gasteiger charge is -2.10. The van der Waals surface area contributed by atoms with Gasteiger partial charge < -0.3 is 10.1 Å². The standard InChI is InChI=1S/C21H20ClNO2/c22-19-10-4-2-7-17(19)12-13-21(24)23-14-15-25-20-11-5-8-16-6-1-3-9-18(16)20/h1-11H,12-15H2,(H,23,24). The molecule has 1 N–H and O–H groups in total. The maximum Gasteiger partial charge on any atom is 0.220 e. The number of ether oxygens (including phenoxy) is 1. The third kappa shape index (κ3) is 4.74. The quantitative estimate of drug-likeness (QED) is 0.629. The van der Waals surface area contributed by atoms with Gasteiger partial charge in [0.25, 0.3) is 0 Å². The van der Waals surface area contributed by atoms with E-state index in [0.717, 1.165) is 22.1 Å². The van der Waals surface area contributed by atoms with Crippen molar-refractivity contribution in [2.75, 3.05) is 13.2 Å². The highest BCUT2D eigenvalue weighted by atomic mass is 35.5. The summed E-state index contributed by atoms with van der Waals surface area (Å²) in [5.41, 5.74) is 0.992.